The van der Waals surface area contributed by atoms with Crippen molar-refractivity contribution >= 4 is 22.1 Å². The Morgan fingerprint density at radius 2 is 1.31 bits per heavy atom. The van der Waals surface area contributed by atoms with Crippen LogP contribution in [0.25, 0.3) is 44.6 Å². The topological polar surface area (TPSA) is 126 Å². The highest BCUT2D eigenvalue weighted by molar-refractivity contribution is 5.84. The van der Waals surface area contributed by atoms with Crippen molar-refractivity contribution in [3.8, 4) is 28.4 Å². The number of H-pyrrole nitrogens is 1. The second kappa shape index (κ2) is 13.5. The molecule has 6 aromatic heterocycles. The van der Waals surface area contributed by atoms with Crippen LogP contribution in [0.3, 0.4) is 0 Å². The van der Waals surface area contributed by atoms with E-state index in [-0.39, 0.29) is 40.1 Å². The Balaban J connectivity index is 0.000000183. The third-order valence-electron chi connectivity index (χ3n) is 7.87. The van der Waals surface area contributed by atoms with Gasteiger partial charge in [-0.05, 0) is 59.2 Å². The molecule has 0 saturated heterocycles. The fraction of sp³-hybridized carbons (Fsp3) is 0.314. The predicted octanol–water partition coefficient (Wildman–Crippen LogP) is 7.76. The van der Waals surface area contributed by atoms with Crippen molar-refractivity contribution in [2.45, 2.75) is 72.3 Å². The van der Waals surface area contributed by atoms with Crippen molar-refractivity contribution in [1.82, 2.24) is 48.6 Å². The van der Waals surface area contributed by atoms with Crippen LogP contribution in [0.5, 0.6) is 5.88 Å². The van der Waals surface area contributed by atoms with Crippen molar-refractivity contribution in [1.29, 1.82) is 0 Å². The number of halogens is 4. The molecule has 0 bridgehead atoms. The largest absolute Gasteiger partial charge is 0.471 e. The van der Waals surface area contributed by atoms with Gasteiger partial charge in [0.1, 0.15) is 30.3 Å². The van der Waals surface area contributed by atoms with E-state index in [0.29, 0.717) is 27.0 Å². The number of hydrogen-bond donors (Lipinski definition) is 1. The van der Waals surface area contributed by atoms with Crippen LogP contribution < -0.4 is 10.3 Å². The van der Waals surface area contributed by atoms with Gasteiger partial charge in [0.2, 0.25) is 5.88 Å². The summed E-state index contributed by atoms with van der Waals surface area (Å²) in [6.45, 7) is 6.79. The number of aromatic nitrogens is 10. The number of nitrogens with one attached hydrogen (secondary N) is 1. The Morgan fingerprint density at radius 1 is 0.765 bits per heavy atom. The average molecular weight is 705 g/mol. The lowest BCUT2D eigenvalue weighted by Crippen LogP contribution is -2.21. The third kappa shape index (κ3) is 7.39. The molecule has 7 aromatic rings. The molecule has 266 valence electrons. The number of fused-ring (bicyclic) bond motifs is 2. The van der Waals surface area contributed by atoms with Gasteiger partial charge in [-0.25, -0.2) is 15.0 Å². The van der Waals surface area contributed by atoms with Crippen LogP contribution in [-0.2, 0) is 17.7 Å². The molecule has 1 N–H and O–H groups in total. The molecule has 0 atom stereocenters. The maximum absolute atomic E-state index is 13.5. The lowest BCUT2D eigenvalue weighted by molar-refractivity contribution is 0.0736. The molecule has 16 heteroatoms. The zero-order chi connectivity index (χ0) is 36.7. The van der Waals surface area contributed by atoms with Gasteiger partial charge in [0, 0.05) is 23.5 Å². The van der Waals surface area contributed by atoms with Crippen molar-refractivity contribution in [2.75, 3.05) is 0 Å². The molecule has 0 amide bonds. The summed E-state index contributed by atoms with van der Waals surface area (Å²) in [6.07, 6.45) is 9.05. The van der Waals surface area contributed by atoms with E-state index < -0.39 is 18.7 Å². The van der Waals surface area contributed by atoms with Crippen molar-refractivity contribution in [2.24, 2.45) is 0 Å². The average Bonchev–Trinajstić information content (AvgIpc) is 3.89. The first-order valence-electron chi connectivity index (χ1n) is 15.9. The number of ether oxygens (including phenoxy) is 1. The minimum Gasteiger partial charge on any atom is -0.471 e. The van der Waals surface area contributed by atoms with Gasteiger partial charge < -0.3 is 9.72 Å². The summed E-state index contributed by atoms with van der Waals surface area (Å²) in [6, 6.07) is 12.7. The molecule has 12 nitrogen and oxygen atoms in total. The minimum atomic E-state index is -2.81. The molecule has 51 heavy (non-hydrogen) atoms. The van der Waals surface area contributed by atoms with Gasteiger partial charge in [-0.1, -0.05) is 30.3 Å². The van der Waals surface area contributed by atoms with Crippen LogP contribution >= 0.6 is 0 Å². The molecular weight excluding hydrogens is 668 g/mol. The normalized spacial score (nSPS) is 12.2. The fourth-order valence-corrected chi connectivity index (χ4v) is 5.17. The summed E-state index contributed by atoms with van der Waals surface area (Å²) in [7, 11) is 0. The van der Waals surface area contributed by atoms with E-state index in [0.717, 1.165) is 28.3 Å². The van der Waals surface area contributed by atoms with Crippen molar-refractivity contribution in [3.05, 3.63) is 95.8 Å². The Labute approximate surface area is 289 Å². The summed E-state index contributed by atoms with van der Waals surface area (Å²) in [4.78, 5) is 27.2. The standard InChI is InChI=1S/C21H21F2N5O.C14H15F2N5O/c1-21(2,3)28-11-15(10-25-28)16-9-17-18(27(13-24-17)20(22)23)19(26-16)29-12-14-7-5-4-6-8-14;1-14(2,3)21-6-8(5-18-21)9-4-10-11(12(22)19-9)20(7-17-10)13(15)16/h4-11,13,20H,12H2,1-3H3;4-7,13H,1-3H3,(H,19,22). The molecule has 7 rings (SSSR count). The fourth-order valence-electron chi connectivity index (χ4n) is 5.17. The van der Waals surface area contributed by atoms with Gasteiger partial charge in [-0.2, -0.15) is 27.8 Å². The number of aromatic amines is 1. The van der Waals surface area contributed by atoms with E-state index >= 15 is 0 Å². The van der Waals surface area contributed by atoms with Crippen LogP contribution in [0, 0.1) is 0 Å². The van der Waals surface area contributed by atoms with Gasteiger partial charge in [0.15, 0.2) is 0 Å². The van der Waals surface area contributed by atoms with E-state index in [1.54, 1.807) is 35.4 Å². The highest BCUT2D eigenvalue weighted by Crippen LogP contribution is 2.32. The molecule has 0 saturated carbocycles. The quantitative estimate of drug-likeness (QED) is 0.168. The van der Waals surface area contributed by atoms with Gasteiger partial charge in [0.25, 0.3) is 5.56 Å². The van der Waals surface area contributed by atoms with Crippen LogP contribution in [-0.4, -0.2) is 48.6 Å². The van der Waals surface area contributed by atoms with Gasteiger partial charge in [-0.3, -0.25) is 23.3 Å². The minimum absolute atomic E-state index is 0.114. The zero-order valence-electron chi connectivity index (χ0n) is 28.7. The molecule has 0 unspecified atom stereocenters. The number of benzene rings is 1. The van der Waals surface area contributed by atoms with E-state index in [1.165, 1.54) is 0 Å². The van der Waals surface area contributed by atoms with Crippen LogP contribution in [0.1, 0.15) is 60.2 Å². The Morgan fingerprint density at radius 3 is 1.88 bits per heavy atom. The van der Waals surface area contributed by atoms with E-state index in [2.05, 4.69) is 30.1 Å². The van der Waals surface area contributed by atoms with Gasteiger partial charge in [-0.15, -0.1) is 0 Å². The molecule has 0 aliphatic rings. The molecule has 0 aliphatic carbocycles. The summed E-state index contributed by atoms with van der Waals surface area (Å²) in [5.74, 6) is 0.114. The maximum Gasteiger partial charge on any atom is 0.320 e. The third-order valence-corrected chi connectivity index (χ3v) is 7.87. The zero-order valence-corrected chi connectivity index (χ0v) is 28.7. The lowest BCUT2D eigenvalue weighted by atomic mass is 10.1. The molecule has 1 aromatic carbocycles. The van der Waals surface area contributed by atoms with Gasteiger partial charge in [0.05, 0.1) is 45.9 Å². The lowest BCUT2D eigenvalue weighted by Gasteiger charge is -2.18. The van der Waals surface area contributed by atoms with Crippen LogP contribution in [0.4, 0.5) is 17.6 Å². The SMILES string of the molecule is CC(C)(C)n1cc(-c2cc3ncn(C(F)F)c3c(=O)[nH]2)cn1.CC(C)(C)n1cc(-c2cc3ncn(C(F)F)c3c(OCc3ccccc3)n2)cn1. The number of imidazole rings is 2. The van der Waals surface area contributed by atoms with Gasteiger partial charge >= 0.3 is 13.1 Å². The van der Waals surface area contributed by atoms with E-state index in [4.69, 9.17) is 4.74 Å². The molecule has 0 radical (unpaired) electrons. The Hall–Kier alpha value is -5.80. The Bertz CT molecular complexity index is 2340. The summed E-state index contributed by atoms with van der Waals surface area (Å²) >= 11 is 0. The summed E-state index contributed by atoms with van der Waals surface area (Å²) in [5, 5.41) is 8.65. The number of hydrogen-bond acceptors (Lipinski definition) is 7. The van der Waals surface area contributed by atoms with E-state index in [1.807, 2.05) is 82.8 Å². The summed E-state index contributed by atoms with van der Waals surface area (Å²) in [5.41, 5.74) is 3.09. The van der Waals surface area contributed by atoms with Crippen molar-refractivity contribution in [3.63, 3.8) is 0 Å². The second-order valence-electron chi connectivity index (χ2n) is 13.7. The monoisotopic (exact) mass is 704 g/mol. The first-order valence-corrected chi connectivity index (χ1v) is 15.9. The molecule has 0 fully saturated rings. The first kappa shape index (κ1) is 35.0. The van der Waals surface area contributed by atoms with Crippen LogP contribution in [0.2, 0.25) is 0 Å². The number of pyridine rings is 2. The molecule has 0 spiro atoms. The molecule has 0 aliphatic heterocycles. The highest BCUT2D eigenvalue weighted by atomic mass is 19.3. The summed E-state index contributed by atoms with van der Waals surface area (Å²) < 4.78 is 63.3. The molecular formula is C35H36F4N10O2. The maximum atomic E-state index is 13.5. The predicted molar refractivity (Wildman–Crippen MR) is 184 cm³/mol. The second-order valence-corrected chi connectivity index (χ2v) is 13.7. The number of alkyl halides is 4. The molecule has 6 heterocycles. The van der Waals surface area contributed by atoms with E-state index in [9.17, 15) is 22.4 Å². The number of rotatable bonds is 7. The highest BCUT2D eigenvalue weighted by Gasteiger charge is 2.21. The smallest absolute Gasteiger partial charge is 0.320 e. The Kier molecular flexibility index (Phi) is 9.27. The first-order chi connectivity index (χ1) is 24.1. The number of nitrogens with zero attached hydrogens (tertiary/aromatic N) is 9. The van der Waals surface area contributed by atoms with Crippen LogP contribution in [0.15, 0.2) is 84.7 Å². The van der Waals surface area contributed by atoms with Crippen molar-refractivity contribution < 1.29 is 22.3 Å².